The van der Waals surface area contributed by atoms with Crippen LogP contribution < -0.4 is 10.2 Å². The van der Waals surface area contributed by atoms with E-state index in [0.717, 1.165) is 43.4 Å². The topological polar surface area (TPSA) is 28.2 Å². The number of pyridine rings is 1. The van der Waals surface area contributed by atoms with Crippen molar-refractivity contribution in [3.05, 3.63) is 23.4 Å². The number of rotatable bonds is 1. The maximum Gasteiger partial charge on any atom is 0.130 e. The van der Waals surface area contributed by atoms with Crippen LogP contribution in [0, 0.1) is 0 Å². The molecule has 1 aromatic rings. The van der Waals surface area contributed by atoms with Gasteiger partial charge in [0.15, 0.2) is 0 Å². The molecule has 2 rings (SSSR count). The van der Waals surface area contributed by atoms with Gasteiger partial charge < -0.3 is 10.2 Å². The maximum absolute atomic E-state index is 5.92. The van der Waals surface area contributed by atoms with Crippen molar-refractivity contribution in [1.82, 2.24) is 10.3 Å². The Morgan fingerprint density at radius 2 is 2.29 bits per heavy atom. The van der Waals surface area contributed by atoms with Gasteiger partial charge in [-0.3, -0.25) is 0 Å². The largest absolute Gasteiger partial charge is 0.355 e. The molecule has 1 aliphatic rings. The highest BCUT2D eigenvalue weighted by Crippen LogP contribution is 2.16. The molecule has 0 aliphatic carbocycles. The number of nitrogens with zero attached hydrogens (tertiary/aromatic N) is 2. The van der Waals surface area contributed by atoms with Crippen LogP contribution in [-0.2, 0) is 0 Å². The van der Waals surface area contributed by atoms with Crippen molar-refractivity contribution in [2.45, 2.75) is 6.42 Å². The second-order valence-electron chi connectivity index (χ2n) is 3.42. The van der Waals surface area contributed by atoms with E-state index in [1.807, 2.05) is 6.07 Å². The molecule has 14 heavy (non-hydrogen) atoms. The van der Waals surface area contributed by atoms with E-state index < -0.39 is 0 Å². The zero-order valence-corrected chi connectivity index (χ0v) is 8.80. The van der Waals surface area contributed by atoms with Gasteiger partial charge in [-0.25, -0.2) is 4.98 Å². The Kier molecular flexibility index (Phi) is 3.22. The van der Waals surface area contributed by atoms with Crippen molar-refractivity contribution in [2.75, 3.05) is 31.1 Å². The number of hydrogen-bond donors (Lipinski definition) is 1. The summed E-state index contributed by atoms with van der Waals surface area (Å²) in [4.78, 5) is 6.59. The molecule has 3 nitrogen and oxygen atoms in total. The van der Waals surface area contributed by atoms with E-state index in [4.69, 9.17) is 11.6 Å². The first-order valence-corrected chi connectivity index (χ1v) is 5.31. The highest BCUT2D eigenvalue weighted by Gasteiger charge is 2.10. The van der Waals surface area contributed by atoms with Crippen LogP contribution in [0.3, 0.4) is 0 Å². The quantitative estimate of drug-likeness (QED) is 0.764. The third-order valence-corrected chi connectivity index (χ3v) is 2.61. The lowest BCUT2D eigenvalue weighted by atomic mass is 10.3. The summed E-state index contributed by atoms with van der Waals surface area (Å²) >= 11 is 5.92. The first-order chi connectivity index (χ1) is 6.86. The summed E-state index contributed by atoms with van der Waals surface area (Å²) in [6.07, 6.45) is 2.92. The van der Waals surface area contributed by atoms with E-state index in [9.17, 15) is 0 Å². The number of anilines is 1. The second-order valence-corrected chi connectivity index (χ2v) is 3.86. The molecule has 0 unspecified atom stereocenters. The van der Waals surface area contributed by atoms with Crippen LogP contribution in [0.15, 0.2) is 18.3 Å². The van der Waals surface area contributed by atoms with Crippen molar-refractivity contribution in [3.8, 4) is 0 Å². The van der Waals surface area contributed by atoms with Gasteiger partial charge in [0.1, 0.15) is 5.82 Å². The maximum atomic E-state index is 5.92. The third kappa shape index (κ3) is 2.36. The molecule has 76 valence electrons. The van der Waals surface area contributed by atoms with Crippen LogP contribution in [0.4, 0.5) is 5.82 Å². The lowest BCUT2D eigenvalue weighted by Gasteiger charge is -2.20. The Bertz CT molecular complexity index is 295. The average molecular weight is 212 g/mol. The SMILES string of the molecule is Clc1ccnc(N2CCCNCC2)c1. The first kappa shape index (κ1) is 9.74. The van der Waals surface area contributed by atoms with E-state index in [0.29, 0.717) is 0 Å². The van der Waals surface area contributed by atoms with Crippen LogP contribution in [0.2, 0.25) is 5.02 Å². The summed E-state index contributed by atoms with van der Waals surface area (Å²) in [7, 11) is 0. The second kappa shape index (κ2) is 4.62. The Balaban J connectivity index is 2.12. The van der Waals surface area contributed by atoms with Crippen molar-refractivity contribution in [1.29, 1.82) is 0 Å². The lowest BCUT2D eigenvalue weighted by molar-refractivity contribution is 0.724. The van der Waals surface area contributed by atoms with Gasteiger partial charge in [0.05, 0.1) is 0 Å². The van der Waals surface area contributed by atoms with Crippen molar-refractivity contribution >= 4 is 17.4 Å². The van der Waals surface area contributed by atoms with Crippen LogP contribution in [0.1, 0.15) is 6.42 Å². The Labute approximate surface area is 89.1 Å². The van der Waals surface area contributed by atoms with Crippen molar-refractivity contribution in [2.24, 2.45) is 0 Å². The number of nitrogens with one attached hydrogen (secondary N) is 1. The molecule has 2 heterocycles. The van der Waals surface area contributed by atoms with Gasteiger partial charge in [-0.05, 0) is 25.1 Å². The fraction of sp³-hybridized carbons (Fsp3) is 0.500. The monoisotopic (exact) mass is 211 g/mol. The number of halogens is 1. The summed E-state index contributed by atoms with van der Waals surface area (Å²) < 4.78 is 0. The Morgan fingerprint density at radius 3 is 3.14 bits per heavy atom. The summed E-state index contributed by atoms with van der Waals surface area (Å²) in [6.45, 7) is 4.18. The summed E-state index contributed by atoms with van der Waals surface area (Å²) in [5, 5.41) is 4.12. The van der Waals surface area contributed by atoms with Gasteiger partial charge >= 0.3 is 0 Å². The molecular formula is C10H14ClN3. The smallest absolute Gasteiger partial charge is 0.130 e. The third-order valence-electron chi connectivity index (χ3n) is 2.37. The van der Waals surface area contributed by atoms with E-state index in [1.54, 1.807) is 12.3 Å². The van der Waals surface area contributed by atoms with Crippen LogP contribution in [0.25, 0.3) is 0 Å². The molecule has 1 N–H and O–H groups in total. The molecular weight excluding hydrogens is 198 g/mol. The van der Waals surface area contributed by atoms with Gasteiger partial charge in [0.25, 0.3) is 0 Å². The Hall–Kier alpha value is -0.800. The molecule has 0 bridgehead atoms. The minimum atomic E-state index is 0.757. The summed E-state index contributed by atoms with van der Waals surface area (Å²) in [6, 6.07) is 3.73. The molecule has 0 amide bonds. The fourth-order valence-corrected chi connectivity index (χ4v) is 1.80. The normalized spacial score (nSPS) is 17.9. The molecule has 0 spiro atoms. The standard InChI is InChI=1S/C10H14ClN3/c11-9-2-4-13-10(8-9)14-6-1-3-12-5-7-14/h2,4,8,12H,1,3,5-7H2. The van der Waals surface area contributed by atoms with E-state index in [1.165, 1.54) is 0 Å². The predicted octanol–water partition coefficient (Wildman–Crippen LogP) is 1.53. The number of aromatic nitrogens is 1. The van der Waals surface area contributed by atoms with Crippen LogP contribution in [0.5, 0.6) is 0 Å². The van der Waals surface area contributed by atoms with Crippen LogP contribution in [-0.4, -0.2) is 31.2 Å². The molecule has 0 radical (unpaired) electrons. The number of hydrogen-bond acceptors (Lipinski definition) is 3. The summed E-state index contributed by atoms with van der Waals surface area (Å²) in [5.74, 6) is 0.987. The highest BCUT2D eigenvalue weighted by atomic mass is 35.5. The molecule has 1 fully saturated rings. The zero-order chi connectivity index (χ0) is 9.80. The average Bonchev–Trinajstić information content (AvgIpc) is 2.45. The van der Waals surface area contributed by atoms with Crippen molar-refractivity contribution in [3.63, 3.8) is 0 Å². The van der Waals surface area contributed by atoms with Gasteiger partial charge in [0.2, 0.25) is 0 Å². The lowest BCUT2D eigenvalue weighted by Crippen LogP contribution is -2.28. The van der Waals surface area contributed by atoms with Gasteiger partial charge in [0, 0.05) is 30.9 Å². The minimum Gasteiger partial charge on any atom is -0.355 e. The molecule has 1 aromatic heterocycles. The molecule has 1 saturated heterocycles. The Morgan fingerprint density at radius 1 is 1.36 bits per heavy atom. The van der Waals surface area contributed by atoms with E-state index in [-0.39, 0.29) is 0 Å². The van der Waals surface area contributed by atoms with Gasteiger partial charge in [-0.15, -0.1) is 0 Å². The highest BCUT2D eigenvalue weighted by molar-refractivity contribution is 6.30. The van der Waals surface area contributed by atoms with Gasteiger partial charge in [-0.2, -0.15) is 0 Å². The molecule has 0 aromatic carbocycles. The first-order valence-electron chi connectivity index (χ1n) is 4.93. The van der Waals surface area contributed by atoms with E-state index in [2.05, 4.69) is 15.2 Å². The van der Waals surface area contributed by atoms with Crippen LogP contribution >= 0.6 is 11.6 Å². The minimum absolute atomic E-state index is 0.757. The van der Waals surface area contributed by atoms with Crippen molar-refractivity contribution < 1.29 is 0 Å². The summed E-state index contributed by atoms with van der Waals surface area (Å²) in [5.41, 5.74) is 0. The fourth-order valence-electron chi connectivity index (χ4n) is 1.64. The van der Waals surface area contributed by atoms with Gasteiger partial charge in [-0.1, -0.05) is 11.6 Å². The molecule has 4 heteroatoms. The molecule has 1 aliphatic heterocycles. The zero-order valence-electron chi connectivity index (χ0n) is 8.04. The predicted molar refractivity (Wildman–Crippen MR) is 58.9 cm³/mol. The van der Waals surface area contributed by atoms with E-state index >= 15 is 0 Å². The molecule has 0 atom stereocenters. The molecule has 0 saturated carbocycles.